The Labute approximate surface area is 101 Å². The number of hydrogen-bond donors (Lipinski definition) is 1. The molecule has 0 aromatic carbocycles. The molecule has 0 aromatic heterocycles. The van der Waals surface area contributed by atoms with Crippen molar-refractivity contribution in [2.75, 3.05) is 33.0 Å². The van der Waals surface area contributed by atoms with Crippen LogP contribution in [-0.4, -0.2) is 65.4 Å². The molecule has 3 aliphatic rings. The van der Waals surface area contributed by atoms with Gasteiger partial charge in [0.1, 0.15) is 0 Å². The van der Waals surface area contributed by atoms with E-state index in [4.69, 9.17) is 4.74 Å². The molecule has 96 valence electrons. The van der Waals surface area contributed by atoms with E-state index in [2.05, 4.69) is 4.90 Å². The first kappa shape index (κ1) is 11.4. The lowest BCUT2D eigenvalue weighted by Crippen LogP contribution is -2.46. The highest BCUT2D eigenvalue weighted by Gasteiger charge is 2.41. The Morgan fingerprint density at radius 1 is 1.35 bits per heavy atom. The summed E-state index contributed by atoms with van der Waals surface area (Å²) < 4.78 is 5.26. The van der Waals surface area contributed by atoms with Gasteiger partial charge in [-0.05, 0) is 12.8 Å². The molecule has 2 aliphatic heterocycles. The van der Waals surface area contributed by atoms with Crippen molar-refractivity contribution < 1.29 is 14.6 Å². The molecule has 0 bridgehead atoms. The van der Waals surface area contributed by atoms with Crippen molar-refractivity contribution in [1.82, 2.24) is 9.80 Å². The predicted molar refractivity (Wildman–Crippen MR) is 61.3 cm³/mol. The topological polar surface area (TPSA) is 53.0 Å². The van der Waals surface area contributed by atoms with Gasteiger partial charge in [0.05, 0.1) is 18.8 Å². The van der Waals surface area contributed by atoms with E-state index in [0.717, 1.165) is 12.8 Å². The Hall–Kier alpha value is -0.650. The van der Waals surface area contributed by atoms with Crippen LogP contribution in [0, 0.1) is 0 Å². The molecule has 1 amide bonds. The molecule has 1 aliphatic carbocycles. The zero-order chi connectivity index (χ0) is 11.9. The molecule has 0 unspecified atom stereocenters. The highest BCUT2D eigenvalue weighted by molar-refractivity contribution is 5.80. The van der Waals surface area contributed by atoms with Gasteiger partial charge < -0.3 is 14.7 Å². The number of β-amino-alcohol motifs (C(OH)–C–C–N with tert-alkyl or cyclic N) is 1. The molecule has 0 radical (unpaired) electrons. The summed E-state index contributed by atoms with van der Waals surface area (Å²) in [6, 6.07) is 0.483. The zero-order valence-electron chi connectivity index (χ0n) is 10.1. The molecular weight excluding hydrogens is 220 g/mol. The van der Waals surface area contributed by atoms with Gasteiger partial charge in [0.25, 0.3) is 0 Å². The lowest BCUT2D eigenvalue weighted by Gasteiger charge is -2.35. The van der Waals surface area contributed by atoms with Crippen molar-refractivity contribution in [3.63, 3.8) is 0 Å². The normalized spacial score (nSPS) is 29.9. The average molecular weight is 240 g/mol. The van der Waals surface area contributed by atoms with Crippen molar-refractivity contribution in [2.45, 2.75) is 37.3 Å². The number of carbonyl (C=O) groups excluding carboxylic acids is 1. The summed E-state index contributed by atoms with van der Waals surface area (Å²) in [5.74, 6) is 0.225. The lowest BCUT2D eigenvalue weighted by molar-refractivity contribution is -0.127. The van der Waals surface area contributed by atoms with Gasteiger partial charge in [0.15, 0.2) is 0 Å². The van der Waals surface area contributed by atoms with Crippen LogP contribution in [0.1, 0.15) is 25.7 Å². The van der Waals surface area contributed by atoms with Crippen LogP contribution in [0.15, 0.2) is 0 Å². The van der Waals surface area contributed by atoms with Gasteiger partial charge in [-0.2, -0.15) is 0 Å². The standard InChI is InChI=1S/C12H20N2O3/c15-11-7-13(9-14(11)10-1-2-10)8-12(16)3-5-17-6-4-12/h10,16H,1-9H2. The second-order valence-electron chi connectivity index (χ2n) is 5.56. The maximum Gasteiger partial charge on any atom is 0.238 e. The summed E-state index contributed by atoms with van der Waals surface area (Å²) >= 11 is 0. The Kier molecular flexibility index (Phi) is 2.84. The molecule has 5 nitrogen and oxygen atoms in total. The molecule has 1 saturated carbocycles. The van der Waals surface area contributed by atoms with E-state index in [1.165, 1.54) is 0 Å². The molecule has 17 heavy (non-hydrogen) atoms. The van der Waals surface area contributed by atoms with Crippen LogP contribution in [0.5, 0.6) is 0 Å². The van der Waals surface area contributed by atoms with Crippen LogP contribution >= 0.6 is 0 Å². The summed E-state index contributed by atoms with van der Waals surface area (Å²) in [7, 11) is 0. The van der Waals surface area contributed by atoms with Crippen molar-refractivity contribution in [3.05, 3.63) is 0 Å². The van der Waals surface area contributed by atoms with Crippen LogP contribution in [0.4, 0.5) is 0 Å². The highest BCUT2D eigenvalue weighted by Crippen LogP contribution is 2.30. The van der Waals surface area contributed by atoms with Gasteiger partial charge >= 0.3 is 0 Å². The van der Waals surface area contributed by atoms with E-state index in [1.807, 2.05) is 4.90 Å². The summed E-state index contributed by atoms with van der Waals surface area (Å²) in [6.45, 7) is 3.03. The monoisotopic (exact) mass is 240 g/mol. The van der Waals surface area contributed by atoms with Crippen LogP contribution < -0.4 is 0 Å². The first-order chi connectivity index (χ1) is 8.16. The van der Waals surface area contributed by atoms with Gasteiger partial charge in [-0.3, -0.25) is 9.69 Å². The third kappa shape index (κ3) is 2.46. The first-order valence-corrected chi connectivity index (χ1v) is 6.48. The van der Waals surface area contributed by atoms with E-state index < -0.39 is 5.60 Å². The van der Waals surface area contributed by atoms with E-state index in [9.17, 15) is 9.90 Å². The summed E-state index contributed by atoms with van der Waals surface area (Å²) in [5, 5.41) is 10.4. The minimum Gasteiger partial charge on any atom is -0.388 e. The van der Waals surface area contributed by atoms with Crippen molar-refractivity contribution in [1.29, 1.82) is 0 Å². The van der Waals surface area contributed by atoms with Gasteiger partial charge in [-0.15, -0.1) is 0 Å². The van der Waals surface area contributed by atoms with Gasteiger partial charge in [0.2, 0.25) is 5.91 Å². The SMILES string of the molecule is O=C1CN(CC2(O)CCOCC2)CN1C1CC1. The van der Waals surface area contributed by atoms with Crippen LogP contribution in [0.2, 0.25) is 0 Å². The molecule has 0 spiro atoms. The van der Waals surface area contributed by atoms with Crippen LogP contribution in [0.25, 0.3) is 0 Å². The number of rotatable bonds is 3. The maximum atomic E-state index is 11.8. The summed E-state index contributed by atoms with van der Waals surface area (Å²) in [4.78, 5) is 15.8. The Morgan fingerprint density at radius 2 is 2.06 bits per heavy atom. The minimum atomic E-state index is -0.655. The minimum absolute atomic E-state index is 0.225. The molecule has 3 rings (SSSR count). The molecule has 1 N–H and O–H groups in total. The largest absolute Gasteiger partial charge is 0.388 e. The fourth-order valence-electron chi connectivity index (χ4n) is 2.76. The zero-order valence-corrected chi connectivity index (χ0v) is 10.1. The fraction of sp³-hybridized carbons (Fsp3) is 0.917. The fourth-order valence-corrected chi connectivity index (χ4v) is 2.76. The van der Waals surface area contributed by atoms with Gasteiger partial charge in [-0.25, -0.2) is 0 Å². The van der Waals surface area contributed by atoms with E-state index >= 15 is 0 Å². The quantitative estimate of drug-likeness (QED) is 0.742. The summed E-state index contributed by atoms with van der Waals surface area (Å²) in [5.41, 5.74) is -0.655. The van der Waals surface area contributed by atoms with E-state index in [1.54, 1.807) is 0 Å². The second kappa shape index (κ2) is 4.23. The van der Waals surface area contributed by atoms with Crippen molar-refractivity contribution in [2.24, 2.45) is 0 Å². The number of nitrogens with zero attached hydrogens (tertiary/aromatic N) is 2. The molecule has 2 heterocycles. The molecule has 2 saturated heterocycles. The number of hydrogen-bond acceptors (Lipinski definition) is 4. The van der Waals surface area contributed by atoms with Crippen LogP contribution in [-0.2, 0) is 9.53 Å². The summed E-state index contributed by atoms with van der Waals surface area (Å²) in [6.07, 6.45) is 3.66. The van der Waals surface area contributed by atoms with Crippen molar-refractivity contribution in [3.8, 4) is 0 Å². The Morgan fingerprint density at radius 3 is 2.71 bits per heavy atom. The highest BCUT2D eigenvalue weighted by atomic mass is 16.5. The third-order valence-electron chi connectivity index (χ3n) is 3.96. The first-order valence-electron chi connectivity index (χ1n) is 6.48. The number of carbonyl (C=O) groups is 1. The predicted octanol–water partition coefficient (Wildman–Crippen LogP) is -0.208. The average Bonchev–Trinajstić information content (AvgIpc) is 3.05. The van der Waals surface area contributed by atoms with E-state index in [0.29, 0.717) is 51.9 Å². The number of aliphatic hydroxyl groups is 1. The Bertz CT molecular complexity index is 311. The lowest BCUT2D eigenvalue weighted by atomic mass is 9.94. The number of amides is 1. The van der Waals surface area contributed by atoms with Crippen LogP contribution in [0.3, 0.4) is 0 Å². The molecular formula is C12H20N2O3. The Balaban J connectivity index is 1.57. The maximum absolute atomic E-state index is 11.8. The molecule has 3 fully saturated rings. The van der Waals surface area contributed by atoms with Crippen molar-refractivity contribution >= 4 is 5.91 Å². The smallest absolute Gasteiger partial charge is 0.238 e. The van der Waals surface area contributed by atoms with E-state index in [-0.39, 0.29) is 5.91 Å². The van der Waals surface area contributed by atoms with Gasteiger partial charge in [-0.1, -0.05) is 0 Å². The number of ether oxygens (including phenoxy) is 1. The van der Waals surface area contributed by atoms with Gasteiger partial charge in [0, 0.05) is 38.6 Å². The second-order valence-corrected chi connectivity index (χ2v) is 5.56. The molecule has 0 aromatic rings. The molecule has 5 heteroatoms. The third-order valence-corrected chi connectivity index (χ3v) is 3.96. The molecule has 0 atom stereocenters.